The van der Waals surface area contributed by atoms with E-state index in [2.05, 4.69) is 12.2 Å². The fourth-order valence-corrected chi connectivity index (χ4v) is 2.38. The molecule has 0 saturated heterocycles. The van der Waals surface area contributed by atoms with Crippen LogP contribution >= 0.6 is 0 Å². The summed E-state index contributed by atoms with van der Waals surface area (Å²) in [7, 11) is 0. The third kappa shape index (κ3) is 5.21. The number of carbonyl (C=O) groups is 2. The van der Waals surface area contributed by atoms with Gasteiger partial charge in [0, 0.05) is 0 Å². The largest absolute Gasteiger partial charge is 0.425 e. The normalized spacial score (nSPS) is 11.6. The van der Waals surface area contributed by atoms with Crippen LogP contribution in [-0.4, -0.2) is 24.5 Å². The zero-order valence-corrected chi connectivity index (χ0v) is 13.7. The van der Waals surface area contributed by atoms with Gasteiger partial charge in [0.05, 0.1) is 6.04 Å². The number of esters is 1. The van der Waals surface area contributed by atoms with Crippen LogP contribution in [0.25, 0.3) is 0 Å². The van der Waals surface area contributed by atoms with Crippen molar-refractivity contribution >= 4 is 11.9 Å². The number of nitrogens with two attached hydrogens (primary N) is 1. The van der Waals surface area contributed by atoms with Gasteiger partial charge >= 0.3 is 5.97 Å². The van der Waals surface area contributed by atoms with E-state index in [9.17, 15) is 9.59 Å². The highest BCUT2D eigenvalue weighted by Gasteiger charge is 2.16. The molecule has 126 valence electrons. The van der Waals surface area contributed by atoms with Crippen molar-refractivity contribution in [3.8, 4) is 5.75 Å². The molecule has 24 heavy (non-hydrogen) atoms. The van der Waals surface area contributed by atoms with E-state index in [4.69, 9.17) is 10.5 Å². The molecular weight excluding hydrogens is 304 g/mol. The number of hydrogen-bond donors (Lipinski definition) is 2. The lowest BCUT2D eigenvalue weighted by Crippen LogP contribution is -2.44. The lowest BCUT2D eigenvalue weighted by atomic mass is 9.99. The van der Waals surface area contributed by atoms with Crippen molar-refractivity contribution < 1.29 is 14.3 Å². The van der Waals surface area contributed by atoms with Gasteiger partial charge in [-0.15, -0.1) is 0 Å². The third-order valence-electron chi connectivity index (χ3n) is 3.66. The minimum absolute atomic E-state index is 0.211. The molecule has 0 saturated carbocycles. The van der Waals surface area contributed by atoms with Crippen LogP contribution in [0.1, 0.15) is 18.1 Å². The molecule has 0 bridgehead atoms. The van der Waals surface area contributed by atoms with Crippen molar-refractivity contribution in [2.75, 3.05) is 6.54 Å². The monoisotopic (exact) mass is 326 g/mol. The van der Waals surface area contributed by atoms with Crippen LogP contribution in [0, 0.1) is 0 Å². The van der Waals surface area contributed by atoms with Crippen molar-refractivity contribution in [1.82, 2.24) is 5.32 Å². The summed E-state index contributed by atoms with van der Waals surface area (Å²) in [6.45, 7) is 1.85. The molecule has 0 fully saturated rings. The maximum absolute atomic E-state index is 12.1. The van der Waals surface area contributed by atoms with Gasteiger partial charge in [-0.2, -0.15) is 0 Å². The summed E-state index contributed by atoms with van der Waals surface area (Å²) in [5, 5.41) is 2.52. The number of aryl methyl sites for hydroxylation is 1. The predicted molar refractivity (Wildman–Crippen MR) is 92.6 cm³/mol. The Bertz CT molecular complexity index is 686. The van der Waals surface area contributed by atoms with Crippen LogP contribution in [0.15, 0.2) is 54.6 Å². The van der Waals surface area contributed by atoms with Crippen LogP contribution in [0.4, 0.5) is 0 Å². The highest BCUT2D eigenvalue weighted by atomic mass is 16.5. The SMILES string of the molecule is CCc1ccccc1C[C@H](N)C(=O)NCC(=O)Oc1ccccc1. The van der Waals surface area contributed by atoms with Gasteiger partial charge in [0.25, 0.3) is 0 Å². The Labute approximate surface area is 141 Å². The van der Waals surface area contributed by atoms with Gasteiger partial charge in [-0.05, 0) is 36.1 Å². The van der Waals surface area contributed by atoms with E-state index in [1.807, 2.05) is 30.3 Å². The van der Waals surface area contributed by atoms with Crippen LogP contribution < -0.4 is 15.8 Å². The quantitative estimate of drug-likeness (QED) is 0.601. The van der Waals surface area contributed by atoms with Crippen molar-refractivity contribution in [1.29, 1.82) is 0 Å². The Morgan fingerprint density at radius 1 is 1.04 bits per heavy atom. The standard InChI is InChI=1S/C19H22N2O3/c1-2-14-8-6-7-9-15(14)12-17(20)19(23)21-13-18(22)24-16-10-4-3-5-11-16/h3-11,17H,2,12-13,20H2,1H3,(H,21,23)/t17-/m0/s1. The Morgan fingerprint density at radius 2 is 1.67 bits per heavy atom. The van der Waals surface area contributed by atoms with Gasteiger partial charge < -0.3 is 15.8 Å². The average molecular weight is 326 g/mol. The maximum atomic E-state index is 12.1. The van der Waals surface area contributed by atoms with Gasteiger partial charge in [0.2, 0.25) is 5.91 Å². The molecule has 2 aromatic carbocycles. The number of hydrogen-bond acceptors (Lipinski definition) is 4. The molecule has 0 aliphatic heterocycles. The molecule has 0 radical (unpaired) electrons. The molecule has 2 rings (SSSR count). The van der Waals surface area contributed by atoms with Crippen molar-refractivity contribution in [3.63, 3.8) is 0 Å². The van der Waals surface area contributed by atoms with E-state index < -0.39 is 12.0 Å². The van der Waals surface area contributed by atoms with Gasteiger partial charge in [-0.1, -0.05) is 49.4 Å². The molecule has 0 unspecified atom stereocenters. The molecule has 5 nitrogen and oxygen atoms in total. The first-order valence-electron chi connectivity index (χ1n) is 7.96. The molecule has 0 aromatic heterocycles. The predicted octanol–water partition coefficient (Wildman–Crippen LogP) is 1.84. The summed E-state index contributed by atoms with van der Waals surface area (Å²) >= 11 is 0. The van der Waals surface area contributed by atoms with Gasteiger partial charge in [0.15, 0.2) is 0 Å². The number of para-hydroxylation sites is 1. The lowest BCUT2D eigenvalue weighted by molar-refractivity contribution is -0.135. The maximum Gasteiger partial charge on any atom is 0.330 e. The summed E-state index contributed by atoms with van der Waals surface area (Å²) < 4.78 is 5.10. The molecule has 1 atom stereocenters. The van der Waals surface area contributed by atoms with Gasteiger partial charge in [-0.3, -0.25) is 4.79 Å². The third-order valence-corrected chi connectivity index (χ3v) is 3.66. The average Bonchev–Trinajstić information content (AvgIpc) is 2.61. The van der Waals surface area contributed by atoms with Crippen LogP contribution in [0.3, 0.4) is 0 Å². The smallest absolute Gasteiger partial charge is 0.330 e. The van der Waals surface area contributed by atoms with E-state index in [0.717, 1.165) is 12.0 Å². The Morgan fingerprint density at radius 3 is 2.33 bits per heavy atom. The minimum atomic E-state index is -0.706. The lowest BCUT2D eigenvalue weighted by Gasteiger charge is -2.14. The zero-order chi connectivity index (χ0) is 17.4. The zero-order valence-electron chi connectivity index (χ0n) is 13.7. The Hall–Kier alpha value is -2.66. The first-order valence-corrected chi connectivity index (χ1v) is 7.96. The van der Waals surface area contributed by atoms with E-state index in [-0.39, 0.29) is 12.5 Å². The highest BCUT2D eigenvalue weighted by molar-refractivity contribution is 5.86. The summed E-state index contributed by atoms with van der Waals surface area (Å²) in [5.41, 5.74) is 8.17. The first kappa shape index (κ1) is 17.7. The number of benzene rings is 2. The molecule has 2 aromatic rings. The number of ether oxygens (including phenoxy) is 1. The second-order valence-electron chi connectivity index (χ2n) is 5.44. The minimum Gasteiger partial charge on any atom is -0.425 e. The van der Waals surface area contributed by atoms with Crippen LogP contribution in [-0.2, 0) is 22.4 Å². The van der Waals surface area contributed by atoms with E-state index >= 15 is 0 Å². The first-order chi connectivity index (χ1) is 11.6. The van der Waals surface area contributed by atoms with E-state index in [1.165, 1.54) is 5.56 Å². The summed E-state index contributed by atoms with van der Waals surface area (Å²) in [6.07, 6.45) is 1.32. The van der Waals surface area contributed by atoms with Crippen molar-refractivity contribution in [2.24, 2.45) is 5.73 Å². The summed E-state index contributed by atoms with van der Waals surface area (Å²) in [6, 6.07) is 15.9. The van der Waals surface area contributed by atoms with Gasteiger partial charge in [-0.25, -0.2) is 4.79 Å². The van der Waals surface area contributed by atoms with E-state index in [1.54, 1.807) is 24.3 Å². The van der Waals surface area contributed by atoms with E-state index in [0.29, 0.717) is 12.2 Å². The Kier molecular flexibility index (Phi) is 6.51. The molecule has 0 aliphatic carbocycles. The number of nitrogens with one attached hydrogen (secondary N) is 1. The molecule has 3 N–H and O–H groups in total. The van der Waals surface area contributed by atoms with Crippen LogP contribution in [0.2, 0.25) is 0 Å². The molecule has 0 spiro atoms. The molecule has 0 heterocycles. The van der Waals surface area contributed by atoms with Crippen LogP contribution in [0.5, 0.6) is 5.75 Å². The second kappa shape index (κ2) is 8.84. The number of amides is 1. The second-order valence-corrected chi connectivity index (χ2v) is 5.44. The highest BCUT2D eigenvalue weighted by Crippen LogP contribution is 2.11. The Balaban J connectivity index is 1.82. The van der Waals surface area contributed by atoms with Crippen molar-refractivity contribution in [3.05, 3.63) is 65.7 Å². The van der Waals surface area contributed by atoms with Crippen molar-refractivity contribution in [2.45, 2.75) is 25.8 Å². The number of rotatable bonds is 7. The van der Waals surface area contributed by atoms with Gasteiger partial charge in [0.1, 0.15) is 12.3 Å². The molecule has 0 aliphatic rings. The molecular formula is C19H22N2O3. The molecule has 5 heteroatoms. The topological polar surface area (TPSA) is 81.4 Å². The molecule has 1 amide bonds. The fourth-order valence-electron chi connectivity index (χ4n) is 2.38. The fraction of sp³-hybridized carbons (Fsp3) is 0.263. The summed E-state index contributed by atoms with van der Waals surface area (Å²) in [4.78, 5) is 23.8. The number of carbonyl (C=O) groups excluding carboxylic acids is 2. The summed E-state index contributed by atoms with van der Waals surface area (Å²) in [5.74, 6) is -0.459.